The van der Waals surface area contributed by atoms with Crippen LogP contribution in [0.4, 0.5) is 5.00 Å². The van der Waals surface area contributed by atoms with E-state index in [9.17, 15) is 4.79 Å². The molecule has 1 aromatic heterocycles. The lowest BCUT2D eigenvalue weighted by Gasteiger charge is -2.36. The normalized spacial score (nSPS) is 19.6. The van der Waals surface area contributed by atoms with E-state index in [0.29, 0.717) is 21.9 Å². The van der Waals surface area contributed by atoms with Crippen molar-refractivity contribution in [1.82, 2.24) is 0 Å². The molecule has 0 fully saturated rings. The Labute approximate surface area is 113 Å². The number of carbonyl (C=O) groups excluding carboxylic acids is 1. The average Bonchev–Trinajstić information content (AvgIpc) is 2.63. The Kier molecular flexibility index (Phi) is 3.41. The molecule has 4 heteroatoms. The molecule has 0 saturated heterocycles. The number of fused-ring (bicyclic) bond motifs is 1. The summed E-state index contributed by atoms with van der Waals surface area (Å²) in [6.45, 7) is 6.90. The standard InChI is InChI=1S/C14H22N2OS/c1-4-14(2,3)8-5-6-9-10(7-8)18-13(16)11(9)12(15)17/h8H,4-7,16H2,1-3H3,(H2,15,17)/t8-/m0/s1. The van der Waals surface area contributed by atoms with Crippen LogP contribution in [0.3, 0.4) is 0 Å². The third-order valence-corrected chi connectivity index (χ3v) is 5.64. The van der Waals surface area contributed by atoms with Gasteiger partial charge in [-0.15, -0.1) is 11.3 Å². The minimum absolute atomic E-state index is 0.351. The summed E-state index contributed by atoms with van der Waals surface area (Å²) in [6, 6.07) is 0. The predicted molar refractivity (Wildman–Crippen MR) is 76.8 cm³/mol. The molecule has 0 aromatic carbocycles. The Morgan fingerprint density at radius 1 is 1.50 bits per heavy atom. The first-order chi connectivity index (χ1) is 8.36. The lowest BCUT2D eigenvalue weighted by molar-refractivity contribution is 0.1000. The first-order valence-corrected chi connectivity index (χ1v) is 7.38. The van der Waals surface area contributed by atoms with Gasteiger partial charge in [0.25, 0.3) is 5.91 Å². The van der Waals surface area contributed by atoms with Crippen molar-refractivity contribution in [2.45, 2.75) is 46.5 Å². The molecule has 100 valence electrons. The number of nitrogens with two attached hydrogens (primary N) is 2. The Bertz CT molecular complexity index is 476. The molecule has 1 aliphatic rings. The second-order valence-corrected chi connectivity index (χ2v) is 7.03. The van der Waals surface area contributed by atoms with Gasteiger partial charge in [-0.05, 0) is 36.2 Å². The molecule has 0 saturated carbocycles. The number of hydrogen-bond acceptors (Lipinski definition) is 3. The summed E-state index contributed by atoms with van der Waals surface area (Å²) in [5.41, 5.74) is 13.4. The molecular weight excluding hydrogens is 244 g/mol. The van der Waals surface area contributed by atoms with Crippen LogP contribution in [0.15, 0.2) is 0 Å². The number of amides is 1. The van der Waals surface area contributed by atoms with Crippen molar-refractivity contribution < 1.29 is 4.79 Å². The van der Waals surface area contributed by atoms with Crippen LogP contribution in [0.2, 0.25) is 0 Å². The van der Waals surface area contributed by atoms with Crippen LogP contribution < -0.4 is 11.5 Å². The van der Waals surface area contributed by atoms with Crippen molar-refractivity contribution in [3.8, 4) is 0 Å². The molecule has 3 nitrogen and oxygen atoms in total. The van der Waals surface area contributed by atoms with Gasteiger partial charge in [-0.2, -0.15) is 0 Å². The number of anilines is 1. The SMILES string of the molecule is CCC(C)(C)[C@H]1CCc2c(sc(N)c2C(N)=O)C1. The van der Waals surface area contributed by atoms with Gasteiger partial charge in [0.15, 0.2) is 0 Å². The Hall–Kier alpha value is -1.03. The molecule has 1 aromatic rings. The van der Waals surface area contributed by atoms with E-state index in [4.69, 9.17) is 11.5 Å². The fourth-order valence-corrected chi connectivity index (χ4v) is 4.04. The van der Waals surface area contributed by atoms with E-state index in [1.54, 1.807) is 11.3 Å². The second kappa shape index (κ2) is 4.57. The van der Waals surface area contributed by atoms with Gasteiger partial charge >= 0.3 is 0 Å². The molecule has 0 spiro atoms. The Morgan fingerprint density at radius 3 is 2.72 bits per heavy atom. The van der Waals surface area contributed by atoms with E-state index in [2.05, 4.69) is 20.8 Å². The van der Waals surface area contributed by atoms with Crippen molar-refractivity contribution in [2.24, 2.45) is 17.1 Å². The zero-order valence-electron chi connectivity index (χ0n) is 11.4. The van der Waals surface area contributed by atoms with Crippen LogP contribution in [0, 0.1) is 11.3 Å². The zero-order valence-corrected chi connectivity index (χ0v) is 12.2. The molecule has 18 heavy (non-hydrogen) atoms. The van der Waals surface area contributed by atoms with Crippen LogP contribution in [0.1, 0.15) is 54.4 Å². The van der Waals surface area contributed by atoms with E-state index >= 15 is 0 Å². The second-order valence-electron chi connectivity index (χ2n) is 5.89. The van der Waals surface area contributed by atoms with Crippen LogP contribution >= 0.6 is 11.3 Å². The highest BCUT2D eigenvalue weighted by Crippen LogP contribution is 2.44. The highest BCUT2D eigenvalue weighted by molar-refractivity contribution is 7.16. The van der Waals surface area contributed by atoms with Gasteiger partial charge in [-0.1, -0.05) is 27.2 Å². The van der Waals surface area contributed by atoms with Gasteiger partial charge in [-0.3, -0.25) is 4.79 Å². The first-order valence-electron chi connectivity index (χ1n) is 6.56. The summed E-state index contributed by atoms with van der Waals surface area (Å²) in [7, 11) is 0. The van der Waals surface area contributed by atoms with Crippen molar-refractivity contribution >= 4 is 22.2 Å². The lowest BCUT2D eigenvalue weighted by atomic mass is 9.69. The summed E-state index contributed by atoms with van der Waals surface area (Å²) in [6.07, 6.45) is 4.29. The van der Waals surface area contributed by atoms with E-state index in [0.717, 1.165) is 24.8 Å². The van der Waals surface area contributed by atoms with Crippen molar-refractivity contribution in [3.63, 3.8) is 0 Å². The minimum Gasteiger partial charge on any atom is -0.390 e. The van der Waals surface area contributed by atoms with Gasteiger partial charge in [0.1, 0.15) is 0 Å². The van der Waals surface area contributed by atoms with E-state index < -0.39 is 0 Å². The topological polar surface area (TPSA) is 69.1 Å². The van der Waals surface area contributed by atoms with Crippen LogP contribution in [0.25, 0.3) is 0 Å². The highest BCUT2D eigenvalue weighted by atomic mass is 32.1. The summed E-state index contributed by atoms with van der Waals surface area (Å²) in [4.78, 5) is 12.7. The van der Waals surface area contributed by atoms with E-state index in [1.807, 2.05) is 0 Å². The van der Waals surface area contributed by atoms with Gasteiger partial charge < -0.3 is 11.5 Å². The number of rotatable bonds is 3. The molecule has 1 heterocycles. The first kappa shape index (κ1) is 13.4. The van der Waals surface area contributed by atoms with Crippen molar-refractivity contribution in [2.75, 3.05) is 5.73 Å². The monoisotopic (exact) mass is 266 g/mol. The number of thiophene rings is 1. The van der Waals surface area contributed by atoms with E-state index in [-0.39, 0.29) is 5.91 Å². The van der Waals surface area contributed by atoms with Gasteiger partial charge in [0.2, 0.25) is 0 Å². The smallest absolute Gasteiger partial charge is 0.251 e. The molecule has 2 rings (SSSR count). The molecule has 0 aliphatic heterocycles. The minimum atomic E-state index is -0.377. The van der Waals surface area contributed by atoms with Crippen LogP contribution in [-0.2, 0) is 12.8 Å². The molecule has 4 N–H and O–H groups in total. The summed E-state index contributed by atoms with van der Waals surface area (Å²) in [5.74, 6) is 0.298. The van der Waals surface area contributed by atoms with Crippen molar-refractivity contribution in [1.29, 1.82) is 0 Å². The van der Waals surface area contributed by atoms with Gasteiger partial charge in [-0.25, -0.2) is 0 Å². The third kappa shape index (κ3) is 2.14. The third-order valence-electron chi connectivity index (χ3n) is 4.56. The maximum atomic E-state index is 11.4. The molecule has 0 unspecified atom stereocenters. The molecule has 0 bridgehead atoms. The maximum absolute atomic E-state index is 11.4. The number of nitrogen functional groups attached to an aromatic ring is 1. The van der Waals surface area contributed by atoms with Crippen LogP contribution in [0.5, 0.6) is 0 Å². The van der Waals surface area contributed by atoms with Gasteiger partial charge in [0, 0.05) is 4.88 Å². The summed E-state index contributed by atoms with van der Waals surface area (Å²) in [5, 5.41) is 0.599. The summed E-state index contributed by atoms with van der Waals surface area (Å²) >= 11 is 1.55. The number of primary amides is 1. The van der Waals surface area contributed by atoms with Crippen molar-refractivity contribution in [3.05, 3.63) is 16.0 Å². The quantitative estimate of drug-likeness (QED) is 0.883. The van der Waals surface area contributed by atoms with Crippen LogP contribution in [-0.4, -0.2) is 5.91 Å². The largest absolute Gasteiger partial charge is 0.390 e. The predicted octanol–water partition coefficient (Wildman–Crippen LogP) is 2.97. The Balaban J connectivity index is 2.32. The average molecular weight is 266 g/mol. The fourth-order valence-electron chi connectivity index (χ4n) is 2.83. The fraction of sp³-hybridized carbons (Fsp3) is 0.643. The zero-order chi connectivity index (χ0) is 13.5. The molecule has 1 aliphatic carbocycles. The van der Waals surface area contributed by atoms with Gasteiger partial charge in [0.05, 0.1) is 10.6 Å². The molecule has 1 atom stereocenters. The molecule has 0 radical (unpaired) electrons. The summed E-state index contributed by atoms with van der Waals surface area (Å²) < 4.78 is 0. The maximum Gasteiger partial charge on any atom is 0.251 e. The lowest BCUT2D eigenvalue weighted by Crippen LogP contribution is -2.29. The number of carbonyl (C=O) groups is 1. The number of hydrogen-bond donors (Lipinski definition) is 2. The van der Waals surface area contributed by atoms with E-state index in [1.165, 1.54) is 11.3 Å². The Morgan fingerprint density at radius 2 is 2.17 bits per heavy atom. The highest BCUT2D eigenvalue weighted by Gasteiger charge is 2.34. The molecule has 1 amide bonds. The molecular formula is C14H22N2OS.